The van der Waals surface area contributed by atoms with Crippen LogP contribution in [0.3, 0.4) is 0 Å². The van der Waals surface area contributed by atoms with Crippen LogP contribution in [0.1, 0.15) is 50.2 Å². The zero-order valence-electron chi connectivity index (χ0n) is 14.0. The van der Waals surface area contributed by atoms with Gasteiger partial charge in [-0.05, 0) is 31.0 Å². The molecule has 1 aromatic carbocycles. The van der Waals surface area contributed by atoms with Gasteiger partial charge in [-0.15, -0.1) is 0 Å². The first kappa shape index (κ1) is 17.0. The van der Waals surface area contributed by atoms with Crippen LogP contribution in [0, 0.1) is 18.3 Å². The van der Waals surface area contributed by atoms with E-state index in [0.717, 1.165) is 24.1 Å². The Morgan fingerprint density at radius 1 is 1.00 bits per heavy atom. The van der Waals surface area contributed by atoms with E-state index in [2.05, 4.69) is 6.92 Å². The molecule has 2 aromatic rings. The molecule has 1 aromatic heterocycles. The van der Waals surface area contributed by atoms with Gasteiger partial charge in [0, 0.05) is 6.54 Å². The summed E-state index contributed by atoms with van der Waals surface area (Å²) in [5.74, 6) is 0. The molecule has 0 amide bonds. The lowest BCUT2D eigenvalue weighted by atomic mass is 10.1. The van der Waals surface area contributed by atoms with Crippen LogP contribution in [0.15, 0.2) is 41.2 Å². The number of benzene rings is 1. The van der Waals surface area contributed by atoms with Crippen molar-refractivity contribution >= 4 is 0 Å². The lowest BCUT2D eigenvalue weighted by Crippen LogP contribution is -2.24. The molecular formula is C20H24N2O. The fourth-order valence-electron chi connectivity index (χ4n) is 2.74. The van der Waals surface area contributed by atoms with E-state index in [1.54, 1.807) is 10.6 Å². The molecule has 0 aliphatic heterocycles. The maximum absolute atomic E-state index is 12.5. The highest BCUT2D eigenvalue weighted by molar-refractivity contribution is 5.60. The average molecular weight is 308 g/mol. The van der Waals surface area contributed by atoms with Crippen LogP contribution < -0.4 is 5.56 Å². The predicted molar refractivity (Wildman–Crippen MR) is 94.3 cm³/mol. The zero-order chi connectivity index (χ0) is 16.7. The Hall–Kier alpha value is -2.34. The van der Waals surface area contributed by atoms with Crippen molar-refractivity contribution in [2.45, 2.75) is 52.5 Å². The summed E-state index contributed by atoms with van der Waals surface area (Å²) in [6.07, 6.45) is 5.72. The third-order valence-electron chi connectivity index (χ3n) is 4.13. The molecule has 1 heterocycles. The van der Waals surface area contributed by atoms with E-state index in [9.17, 15) is 4.79 Å². The minimum Gasteiger partial charge on any atom is -0.307 e. The largest absolute Gasteiger partial charge is 0.307 e. The molecule has 0 saturated carbocycles. The molecule has 0 spiro atoms. The molecule has 2 rings (SSSR count). The molecule has 23 heavy (non-hydrogen) atoms. The summed E-state index contributed by atoms with van der Waals surface area (Å²) >= 11 is 0. The fraction of sp³-hybridized carbons (Fsp3) is 0.400. The van der Waals surface area contributed by atoms with Crippen molar-refractivity contribution in [3.05, 3.63) is 57.9 Å². The molecule has 0 aliphatic carbocycles. The summed E-state index contributed by atoms with van der Waals surface area (Å²) in [5, 5.41) is 9.12. The van der Waals surface area contributed by atoms with Gasteiger partial charge in [0.25, 0.3) is 5.56 Å². The van der Waals surface area contributed by atoms with Crippen LogP contribution in [0.4, 0.5) is 0 Å². The monoisotopic (exact) mass is 308 g/mol. The summed E-state index contributed by atoms with van der Waals surface area (Å²) in [5.41, 5.74) is 3.14. The first-order valence-electron chi connectivity index (χ1n) is 8.38. The molecule has 120 valence electrons. The summed E-state index contributed by atoms with van der Waals surface area (Å²) in [6, 6.07) is 13.7. The fourth-order valence-corrected chi connectivity index (χ4v) is 2.74. The number of aromatic nitrogens is 1. The number of nitriles is 1. The highest BCUT2D eigenvalue weighted by Gasteiger charge is 2.10. The number of hydrogen-bond acceptors (Lipinski definition) is 2. The number of hydrogen-bond donors (Lipinski definition) is 0. The van der Waals surface area contributed by atoms with Crippen molar-refractivity contribution in [2.24, 2.45) is 0 Å². The summed E-state index contributed by atoms with van der Waals surface area (Å²) in [4.78, 5) is 12.5. The minimum absolute atomic E-state index is 0.180. The first-order valence-corrected chi connectivity index (χ1v) is 8.38. The first-order chi connectivity index (χ1) is 11.2. The Morgan fingerprint density at radius 2 is 1.70 bits per heavy atom. The van der Waals surface area contributed by atoms with Crippen molar-refractivity contribution in [3.63, 3.8) is 0 Å². The minimum atomic E-state index is -0.180. The van der Waals surface area contributed by atoms with Gasteiger partial charge >= 0.3 is 0 Å². The lowest BCUT2D eigenvalue weighted by molar-refractivity contribution is 0.561. The normalized spacial score (nSPS) is 10.5. The molecule has 3 nitrogen and oxygen atoms in total. The van der Waals surface area contributed by atoms with Crippen molar-refractivity contribution in [1.82, 2.24) is 4.57 Å². The van der Waals surface area contributed by atoms with Crippen molar-refractivity contribution < 1.29 is 0 Å². The Bertz CT molecular complexity index is 736. The van der Waals surface area contributed by atoms with Gasteiger partial charge in [-0.25, -0.2) is 0 Å². The number of rotatable bonds is 7. The van der Waals surface area contributed by atoms with Crippen LogP contribution in [0.25, 0.3) is 11.3 Å². The summed E-state index contributed by atoms with van der Waals surface area (Å²) < 4.78 is 1.76. The smallest absolute Gasteiger partial charge is 0.268 e. The van der Waals surface area contributed by atoms with Crippen LogP contribution in [-0.2, 0) is 6.54 Å². The molecule has 0 N–H and O–H groups in total. The van der Waals surface area contributed by atoms with Crippen LogP contribution in [0.5, 0.6) is 0 Å². The molecule has 0 bridgehead atoms. The Balaban J connectivity index is 2.30. The van der Waals surface area contributed by atoms with E-state index in [1.807, 2.05) is 43.3 Å². The van der Waals surface area contributed by atoms with Gasteiger partial charge in [-0.1, -0.05) is 62.4 Å². The number of pyridine rings is 1. The van der Waals surface area contributed by atoms with Crippen LogP contribution in [-0.4, -0.2) is 4.57 Å². The summed E-state index contributed by atoms with van der Waals surface area (Å²) in [6.45, 7) is 4.90. The molecule has 0 atom stereocenters. The second-order valence-corrected chi connectivity index (χ2v) is 5.98. The maximum atomic E-state index is 12.5. The highest BCUT2D eigenvalue weighted by Crippen LogP contribution is 2.20. The molecule has 0 radical (unpaired) electrons. The van der Waals surface area contributed by atoms with Gasteiger partial charge in [0.1, 0.15) is 11.6 Å². The SMILES string of the molecule is CCCCCCCn1c(-c2ccc(C)cc2)ccc(C#N)c1=O. The van der Waals surface area contributed by atoms with Crippen LogP contribution in [0.2, 0.25) is 0 Å². The van der Waals surface area contributed by atoms with Crippen molar-refractivity contribution in [3.8, 4) is 17.3 Å². The standard InChI is InChI=1S/C20H24N2O/c1-3-4-5-6-7-14-22-19(13-12-18(15-21)20(22)23)17-10-8-16(2)9-11-17/h8-13H,3-7,14H2,1-2H3. The Labute approximate surface area is 138 Å². The summed E-state index contributed by atoms with van der Waals surface area (Å²) in [7, 11) is 0. The molecule has 0 aliphatic rings. The van der Waals surface area contributed by atoms with E-state index in [0.29, 0.717) is 6.54 Å². The van der Waals surface area contributed by atoms with E-state index >= 15 is 0 Å². The second kappa shape index (κ2) is 8.33. The lowest BCUT2D eigenvalue weighted by Gasteiger charge is -2.14. The van der Waals surface area contributed by atoms with Crippen molar-refractivity contribution in [2.75, 3.05) is 0 Å². The zero-order valence-corrected chi connectivity index (χ0v) is 14.0. The van der Waals surface area contributed by atoms with E-state index < -0.39 is 0 Å². The van der Waals surface area contributed by atoms with Gasteiger partial charge in [0.2, 0.25) is 0 Å². The topological polar surface area (TPSA) is 45.8 Å². The van der Waals surface area contributed by atoms with Gasteiger partial charge in [-0.3, -0.25) is 4.79 Å². The Morgan fingerprint density at radius 3 is 2.35 bits per heavy atom. The van der Waals surface area contributed by atoms with E-state index in [-0.39, 0.29) is 11.1 Å². The molecule has 0 unspecified atom stereocenters. The van der Waals surface area contributed by atoms with Gasteiger partial charge in [-0.2, -0.15) is 5.26 Å². The maximum Gasteiger partial charge on any atom is 0.268 e. The van der Waals surface area contributed by atoms with Crippen molar-refractivity contribution in [1.29, 1.82) is 5.26 Å². The molecular weight excluding hydrogens is 284 g/mol. The number of nitrogens with zero attached hydrogens (tertiary/aromatic N) is 2. The second-order valence-electron chi connectivity index (χ2n) is 5.98. The Kier molecular flexibility index (Phi) is 6.17. The van der Waals surface area contributed by atoms with Gasteiger partial charge in [0.15, 0.2) is 0 Å². The number of unbranched alkanes of at least 4 members (excludes halogenated alkanes) is 4. The molecule has 3 heteroatoms. The molecule has 0 fully saturated rings. The van der Waals surface area contributed by atoms with E-state index in [1.165, 1.54) is 24.8 Å². The van der Waals surface area contributed by atoms with Gasteiger partial charge in [0.05, 0.1) is 5.69 Å². The van der Waals surface area contributed by atoms with Gasteiger partial charge < -0.3 is 4.57 Å². The van der Waals surface area contributed by atoms with Crippen LogP contribution >= 0.6 is 0 Å². The number of aryl methyl sites for hydroxylation is 1. The predicted octanol–water partition coefficient (Wildman–Crippen LogP) is 4.67. The average Bonchev–Trinajstić information content (AvgIpc) is 2.56. The highest BCUT2D eigenvalue weighted by atomic mass is 16.1. The quantitative estimate of drug-likeness (QED) is 0.698. The third-order valence-corrected chi connectivity index (χ3v) is 4.13. The third kappa shape index (κ3) is 4.32. The molecule has 0 saturated heterocycles. The van der Waals surface area contributed by atoms with E-state index in [4.69, 9.17) is 5.26 Å².